The largest absolute Gasteiger partial charge is 0.481 e. The van der Waals surface area contributed by atoms with E-state index in [1.807, 2.05) is 0 Å². The van der Waals surface area contributed by atoms with E-state index in [0.29, 0.717) is 12.0 Å². The molecule has 0 amide bonds. The molecule has 2 atom stereocenters. The Balaban J connectivity index is 2.83. The molecule has 1 fully saturated rings. The Hall–Kier alpha value is -0.840. The van der Waals surface area contributed by atoms with Crippen LogP contribution in [0.2, 0.25) is 0 Å². The van der Waals surface area contributed by atoms with Crippen LogP contribution in [0.15, 0.2) is 12.2 Å². The fraction of sp³-hybridized carbons (Fsp3) is 0.667. The van der Waals surface area contributed by atoms with Gasteiger partial charge in [-0.05, 0) is 12.8 Å². The molecular formula is C9H14O4S. The molecule has 1 rings (SSSR count). The minimum absolute atomic E-state index is 0.0668. The number of hydrogen-bond acceptors (Lipinski definition) is 3. The van der Waals surface area contributed by atoms with Crippen molar-refractivity contribution in [1.29, 1.82) is 0 Å². The van der Waals surface area contributed by atoms with Crippen LogP contribution < -0.4 is 0 Å². The highest BCUT2D eigenvalue weighted by molar-refractivity contribution is 7.92. The maximum absolute atomic E-state index is 11.5. The lowest BCUT2D eigenvalue weighted by Crippen LogP contribution is -2.21. The van der Waals surface area contributed by atoms with Gasteiger partial charge in [-0.3, -0.25) is 4.79 Å². The van der Waals surface area contributed by atoms with Crippen LogP contribution >= 0.6 is 0 Å². The van der Waals surface area contributed by atoms with Crippen LogP contribution in [0.5, 0.6) is 0 Å². The quantitative estimate of drug-likeness (QED) is 0.712. The Morgan fingerprint density at radius 1 is 1.64 bits per heavy atom. The van der Waals surface area contributed by atoms with E-state index in [-0.39, 0.29) is 12.2 Å². The first-order valence-electron chi connectivity index (χ1n) is 4.50. The molecule has 14 heavy (non-hydrogen) atoms. The van der Waals surface area contributed by atoms with Gasteiger partial charge in [-0.1, -0.05) is 19.1 Å². The van der Waals surface area contributed by atoms with Crippen molar-refractivity contribution in [3.63, 3.8) is 0 Å². The van der Waals surface area contributed by atoms with E-state index in [2.05, 4.69) is 6.58 Å². The highest BCUT2D eigenvalue weighted by Gasteiger charge is 2.38. The maximum atomic E-state index is 11.5. The van der Waals surface area contributed by atoms with Crippen molar-refractivity contribution in [1.82, 2.24) is 0 Å². The standard InChI is InChI=1S/C9H14O4S/c1-3-14(12,13)7-4-6(2)8(5-7)9(10)11/h7-8H,2-5H2,1H3,(H,10,11). The fourth-order valence-corrected chi connectivity index (χ4v) is 3.16. The molecule has 80 valence electrons. The van der Waals surface area contributed by atoms with Crippen molar-refractivity contribution >= 4 is 15.8 Å². The third-order valence-corrected chi connectivity index (χ3v) is 4.87. The monoisotopic (exact) mass is 218 g/mol. The first-order valence-corrected chi connectivity index (χ1v) is 6.22. The van der Waals surface area contributed by atoms with Gasteiger partial charge in [0.1, 0.15) is 0 Å². The average molecular weight is 218 g/mol. The first-order chi connectivity index (χ1) is 6.38. The van der Waals surface area contributed by atoms with Crippen molar-refractivity contribution in [3.05, 3.63) is 12.2 Å². The molecule has 0 bridgehead atoms. The van der Waals surface area contributed by atoms with Gasteiger partial charge in [-0.2, -0.15) is 0 Å². The minimum Gasteiger partial charge on any atom is -0.481 e. The van der Waals surface area contributed by atoms with Gasteiger partial charge in [0.2, 0.25) is 0 Å². The third-order valence-electron chi connectivity index (χ3n) is 2.69. The normalized spacial score (nSPS) is 27.9. The molecule has 0 spiro atoms. The summed E-state index contributed by atoms with van der Waals surface area (Å²) in [4.78, 5) is 10.7. The maximum Gasteiger partial charge on any atom is 0.310 e. The van der Waals surface area contributed by atoms with Gasteiger partial charge in [0, 0.05) is 5.75 Å². The summed E-state index contributed by atoms with van der Waals surface area (Å²) in [6.07, 6.45) is 0.484. The molecule has 1 saturated carbocycles. The molecule has 0 aromatic heterocycles. The Labute approximate surface area is 83.5 Å². The molecular weight excluding hydrogens is 204 g/mol. The lowest BCUT2D eigenvalue weighted by Gasteiger charge is -2.07. The molecule has 0 heterocycles. The molecule has 1 aliphatic rings. The Morgan fingerprint density at radius 2 is 2.21 bits per heavy atom. The van der Waals surface area contributed by atoms with Crippen molar-refractivity contribution in [2.45, 2.75) is 25.0 Å². The van der Waals surface area contributed by atoms with Gasteiger partial charge in [0.25, 0.3) is 0 Å². The summed E-state index contributed by atoms with van der Waals surface area (Å²) >= 11 is 0. The van der Waals surface area contributed by atoms with Crippen molar-refractivity contribution < 1.29 is 18.3 Å². The second kappa shape index (κ2) is 3.73. The molecule has 0 aliphatic heterocycles. The molecule has 0 aromatic carbocycles. The number of sulfone groups is 1. The van der Waals surface area contributed by atoms with Gasteiger partial charge in [0.15, 0.2) is 9.84 Å². The first kappa shape index (κ1) is 11.2. The molecule has 0 radical (unpaired) electrons. The molecule has 1 aliphatic carbocycles. The number of carboxylic acids is 1. The van der Waals surface area contributed by atoms with Crippen LogP contribution in [0.1, 0.15) is 19.8 Å². The lowest BCUT2D eigenvalue weighted by atomic mass is 10.1. The van der Waals surface area contributed by atoms with Crippen molar-refractivity contribution in [3.8, 4) is 0 Å². The Morgan fingerprint density at radius 3 is 2.57 bits per heavy atom. The van der Waals surface area contributed by atoms with Gasteiger partial charge in [0.05, 0.1) is 11.2 Å². The Bertz CT molecular complexity index is 355. The zero-order chi connectivity index (χ0) is 10.9. The minimum atomic E-state index is -3.12. The zero-order valence-corrected chi connectivity index (χ0v) is 8.88. The summed E-state index contributed by atoms with van der Waals surface area (Å²) in [5.74, 6) is -1.58. The molecule has 4 nitrogen and oxygen atoms in total. The molecule has 1 N–H and O–H groups in total. The van der Waals surface area contributed by atoms with E-state index >= 15 is 0 Å². The smallest absolute Gasteiger partial charge is 0.310 e. The van der Waals surface area contributed by atoms with E-state index in [4.69, 9.17) is 5.11 Å². The summed E-state index contributed by atoms with van der Waals surface area (Å²) in [7, 11) is -3.12. The van der Waals surface area contributed by atoms with Crippen LogP contribution in [0.4, 0.5) is 0 Å². The molecule has 0 aromatic rings. The van der Waals surface area contributed by atoms with E-state index in [1.165, 1.54) is 0 Å². The van der Waals surface area contributed by atoms with Gasteiger partial charge < -0.3 is 5.11 Å². The summed E-state index contributed by atoms with van der Waals surface area (Å²) in [5.41, 5.74) is 0.527. The van der Waals surface area contributed by atoms with Crippen LogP contribution in [-0.2, 0) is 14.6 Å². The number of rotatable bonds is 3. The van der Waals surface area contributed by atoms with E-state index in [9.17, 15) is 13.2 Å². The highest BCUT2D eigenvalue weighted by atomic mass is 32.2. The van der Waals surface area contributed by atoms with Crippen LogP contribution in [0, 0.1) is 5.92 Å². The second-order valence-electron chi connectivity index (χ2n) is 3.56. The summed E-state index contributed by atoms with van der Waals surface area (Å²) in [5, 5.41) is 8.24. The second-order valence-corrected chi connectivity index (χ2v) is 6.13. The third kappa shape index (κ3) is 1.97. The topological polar surface area (TPSA) is 71.4 Å². The van der Waals surface area contributed by atoms with Gasteiger partial charge in [-0.15, -0.1) is 0 Å². The van der Waals surface area contributed by atoms with Crippen LogP contribution in [-0.4, -0.2) is 30.5 Å². The Kier molecular flexibility index (Phi) is 2.99. The van der Waals surface area contributed by atoms with Gasteiger partial charge >= 0.3 is 5.97 Å². The lowest BCUT2D eigenvalue weighted by molar-refractivity contribution is -0.140. The summed E-state index contributed by atoms with van der Waals surface area (Å²) in [6, 6.07) is 0. The van der Waals surface area contributed by atoms with Crippen molar-refractivity contribution in [2.24, 2.45) is 5.92 Å². The average Bonchev–Trinajstić information content (AvgIpc) is 2.48. The SMILES string of the molecule is C=C1CC(S(=O)(=O)CC)CC1C(=O)O. The molecule has 2 unspecified atom stereocenters. The molecule has 5 heteroatoms. The number of aliphatic carboxylic acids is 1. The van der Waals surface area contributed by atoms with E-state index in [0.717, 1.165) is 0 Å². The van der Waals surface area contributed by atoms with E-state index < -0.39 is 27.0 Å². The summed E-state index contributed by atoms with van der Waals surface area (Å²) < 4.78 is 23.0. The number of hydrogen-bond donors (Lipinski definition) is 1. The predicted molar refractivity (Wildman–Crippen MR) is 52.7 cm³/mol. The molecule has 0 saturated heterocycles. The van der Waals surface area contributed by atoms with E-state index in [1.54, 1.807) is 6.92 Å². The summed E-state index contributed by atoms with van der Waals surface area (Å²) in [6.45, 7) is 5.19. The van der Waals surface area contributed by atoms with Crippen LogP contribution in [0.25, 0.3) is 0 Å². The number of carboxylic acid groups (broad SMARTS) is 1. The van der Waals surface area contributed by atoms with Crippen molar-refractivity contribution in [2.75, 3.05) is 5.75 Å². The fourth-order valence-electron chi connectivity index (χ4n) is 1.73. The highest BCUT2D eigenvalue weighted by Crippen LogP contribution is 2.34. The predicted octanol–water partition coefficient (Wildman–Crippen LogP) is 0.841. The van der Waals surface area contributed by atoms with Crippen LogP contribution in [0.3, 0.4) is 0 Å². The zero-order valence-electron chi connectivity index (χ0n) is 8.06. The van der Waals surface area contributed by atoms with Gasteiger partial charge in [-0.25, -0.2) is 8.42 Å². The number of carbonyl (C=O) groups is 1.